The molecule has 132 valence electrons. The summed E-state index contributed by atoms with van der Waals surface area (Å²) < 4.78 is 15.8. The summed E-state index contributed by atoms with van der Waals surface area (Å²) in [5.41, 5.74) is 1.89. The van der Waals surface area contributed by atoms with E-state index in [1.54, 1.807) is 20.3 Å². The number of ether oxygens (including phenoxy) is 3. The molecule has 0 aromatic heterocycles. The molecule has 0 spiro atoms. The van der Waals surface area contributed by atoms with Crippen molar-refractivity contribution in [1.29, 1.82) is 0 Å². The molecular formula is C20H22O5. The summed E-state index contributed by atoms with van der Waals surface area (Å²) in [4.78, 5) is 11.2. The molecule has 5 heteroatoms. The van der Waals surface area contributed by atoms with E-state index in [1.807, 2.05) is 37.3 Å². The number of hydrogen-bond acceptors (Lipinski definition) is 5. The van der Waals surface area contributed by atoms with Gasteiger partial charge in [0, 0.05) is 17.0 Å². The number of aromatic hydroxyl groups is 1. The van der Waals surface area contributed by atoms with Gasteiger partial charge in [-0.1, -0.05) is 18.2 Å². The molecule has 0 fully saturated rings. The Kier molecular flexibility index (Phi) is 6.06. The molecule has 0 aliphatic heterocycles. The Morgan fingerprint density at radius 2 is 1.64 bits per heavy atom. The van der Waals surface area contributed by atoms with Crippen LogP contribution in [-0.4, -0.2) is 32.7 Å². The van der Waals surface area contributed by atoms with Gasteiger partial charge >= 0.3 is 0 Å². The van der Waals surface area contributed by atoms with Gasteiger partial charge in [0.1, 0.15) is 6.29 Å². The summed E-state index contributed by atoms with van der Waals surface area (Å²) >= 11 is 0. The maximum atomic E-state index is 11.2. The first-order valence-corrected chi connectivity index (χ1v) is 7.80. The second-order valence-corrected chi connectivity index (χ2v) is 5.40. The highest BCUT2D eigenvalue weighted by molar-refractivity contribution is 5.78. The van der Waals surface area contributed by atoms with E-state index in [4.69, 9.17) is 14.2 Å². The number of phenols is 1. The van der Waals surface area contributed by atoms with Gasteiger partial charge in [0.05, 0.1) is 21.3 Å². The number of phenolic OH excluding ortho intramolecular Hbond substituents is 1. The van der Waals surface area contributed by atoms with E-state index in [0.717, 1.165) is 11.8 Å². The Balaban J connectivity index is 2.65. The minimum absolute atomic E-state index is 0.00554. The Hall–Kier alpha value is -2.95. The standard InChI is InChI=1S/C20H22O5/c1-5-6-15(14-7-8-17(23-2)18(11-14)24-3)16-9-13(12-21)10-19(25-4)20(16)22/h5-12,15,22H,1-4H3/b6-5+. The smallest absolute Gasteiger partial charge is 0.161 e. The molecule has 1 atom stereocenters. The van der Waals surface area contributed by atoms with Gasteiger partial charge < -0.3 is 19.3 Å². The molecule has 0 amide bonds. The lowest BCUT2D eigenvalue weighted by atomic mass is 9.88. The Morgan fingerprint density at radius 3 is 2.20 bits per heavy atom. The molecule has 0 aliphatic carbocycles. The SMILES string of the molecule is C/C=C/C(c1ccc(OC)c(OC)c1)c1cc(C=O)cc(OC)c1O. The summed E-state index contributed by atoms with van der Waals surface area (Å²) in [6.07, 6.45) is 4.55. The molecule has 2 aromatic rings. The van der Waals surface area contributed by atoms with Crippen molar-refractivity contribution in [2.24, 2.45) is 0 Å². The largest absolute Gasteiger partial charge is 0.504 e. The lowest BCUT2D eigenvalue weighted by molar-refractivity contribution is 0.112. The van der Waals surface area contributed by atoms with Gasteiger partial charge in [-0.05, 0) is 36.8 Å². The van der Waals surface area contributed by atoms with Crippen molar-refractivity contribution in [3.05, 3.63) is 59.2 Å². The number of carbonyl (C=O) groups excluding carboxylic acids is 1. The number of methoxy groups -OCH3 is 3. The molecule has 0 saturated carbocycles. The third kappa shape index (κ3) is 3.76. The van der Waals surface area contributed by atoms with E-state index in [9.17, 15) is 9.90 Å². The molecule has 0 radical (unpaired) electrons. The molecule has 0 aliphatic rings. The molecule has 2 aromatic carbocycles. The quantitative estimate of drug-likeness (QED) is 0.610. The predicted molar refractivity (Wildman–Crippen MR) is 96.2 cm³/mol. The molecule has 0 saturated heterocycles. The lowest BCUT2D eigenvalue weighted by Gasteiger charge is -2.19. The number of benzene rings is 2. The van der Waals surface area contributed by atoms with Crippen molar-refractivity contribution in [3.8, 4) is 23.0 Å². The normalized spacial score (nSPS) is 12.0. The first kappa shape index (κ1) is 18.4. The van der Waals surface area contributed by atoms with Crippen LogP contribution in [0.1, 0.15) is 34.3 Å². The monoisotopic (exact) mass is 342 g/mol. The maximum absolute atomic E-state index is 11.2. The number of hydrogen-bond donors (Lipinski definition) is 1. The maximum Gasteiger partial charge on any atom is 0.161 e. The molecule has 0 bridgehead atoms. The fourth-order valence-electron chi connectivity index (χ4n) is 2.75. The van der Waals surface area contributed by atoms with Crippen LogP contribution < -0.4 is 14.2 Å². The Morgan fingerprint density at radius 1 is 0.960 bits per heavy atom. The minimum atomic E-state index is -0.279. The molecule has 0 heterocycles. The van der Waals surface area contributed by atoms with E-state index in [-0.39, 0.29) is 17.4 Å². The second-order valence-electron chi connectivity index (χ2n) is 5.40. The predicted octanol–water partition coefficient (Wildman–Crippen LogP) is 3.94. The minimum Gasteiger partial charge on any atom is -0.504 e. The molecular weight excluding hydrogens is 320 g/mol. The van der Waals surface area contributed by atoms with Crippen LogP contribution in [0.3, 0.4) is 0 Å². The van der Waals surface area contributed by atoms with Gasteiger partial charge in [0.25, 0.3) is 0 Å². The van der Waals surface area contributed by atoms with Gasteiger partial charge in [-0.25, -0.2) is 0 Å². The van der Waals surface area contributed by atoms with Crippen LogP contribution in [0.25, 0.3) is 0 Å². The van der Waals surface area contributed by atoms with E-state index in [1.165, 1.54) is 13.2 Å². The van der Waals surface area contributed by atoms with E-state index >= 15 is 0 Å². The van der Waals surface area contributed by atoms with E-state index in [0.29, 0.717) is 22.6 Å². The Labute approximate surface area is 147 Å². The van der Waals surface area contributed by atoms with Crippen molar-refractivity contribution in [1.82, 2.24) is 0 Å². The zero-order valence-electron chi connectivity index (χ0n) is 14.8. The lowest BCUT2D eigenvalue weighted by Crippen LogP contribution is -2.02. The van der Waals surface area contributed by atoms with E-state index < -0.39 is 0 Å². The summed E-state index contributed by atoms with van der Waals surface area (Å²) in [7, 11) is 4.60. The van der Waals surface area contributed by atoms with Gasteiger partial charge in [-0.15, -0.1) is 0 Å². The van der Waals surface area contributed by atoms with E-state index in [2.05, 4.69) is 0 Å². The number of rotatable bonds is 7. The highest BCUT2D eigenvalue weighted by Crippen LogP contribution is 2.41. The molecule has 1 N–H and O–H groups in total. The second kappa shape index (κ2) is 8.24. The van der Waals surface area contributed by atoms with Crippen LogP contribution in [0.2, 0.25) is 0 Å². The van der Waals surface area contributed by atoms with Crippen LogP contribution in [0.15, 0.2) is 42.5 Å². The van der Waals surface area contributed by atoms with Crippen LogP contribution in [-0.2, 0) is 0 Å². The molecule has 1 unspecified atom stereocenters. The fraction of sp³-hybridized carbons (Fsp3) is 0.250. The van der Waals surface area contributed by atoms with Crippen molar-refractivity contribution in [2.45, 2.75) is 12.8 Å². The third-order valence-electron chi connectivity index (χ3n) is 3.97. The van der Waals surface area contributed by atoms with Crippen LogP contribution >= 0.6 is 0 Å². The van der Waals surface area contributed by atoms with Gasteiger partial charge in [-0.2, -0.15) is 0 Å². The van der Waals surface area contributed by atoms with Crippen molar-refractivity contribution in [2.75, 3.05) is 21.3 Å². The van der Waals surface area contributed by atoms with Crippen molar-refractivity contribution < 1.29 is 24.1 Å². The van der Waals surface area contributed by atoms with Gasteiger partial charge in [-0.3, -0.25) is 4.79 Å². The highest BCUT2D eigenvalue weighted by atomic mass is 16.5. The zero-order chi connectivity index (χ0) is 18.4. The van der Waals surface area contributed by atoms with Gasteiger partial charge in [0.15, 0.2) is 23.0 Å². The summed E-state index contributed by atoms with van der Waals surface area (Å²) in [5.74, 6) is 1.19. The fourth-order valence-corrected chi connectivity index (χ4v) is 2.75. The molecule has 2 rings (SSSR count). The van der Waals surface area contributed by atoms with Crippen molar-refractivity contribution in [3.63, 3.8) is 0 Å². The Bertz CT molecular complexity index is 780. The van der Waals surface area contributed by atoms with Gasteiger partial charge in [0.2, 0.25) is 0 Å². The van der Waals surface area contributed by atoms with Crippen LogP contribution in [0, 0.1) is 0 Å². The molecule has 5 nitrogen and oxygen atoms in total. The summed E-state index contributed by atoms with van der Waals surface area (Å²) in [6.45, 7) is 1.89. The highest BCUT2D eigenvalue weighted by Gasteiger charge is 2.20. The average molecular weight is 342 g/mol. The number of allylic oxidation sites excluding steroid dienone is 2. The number of carbonyl (C=O) groups is 1. The van der Waals surface area contributed by atoms with Crippen LogP contribution in [0.5, 0.6) is 23.0 Å². The first-order valence-electron chi connectivity index (χ1n) is 7.80. The first-order chi connectivity index (χ1) is 12.1. The summed E-state index contributed by atoms with van der Waals surface area (Å²) in [5, 5.41) is 10.6. The topological polar surface area (TPSA) is 65.0 Å². The molecule has 25 heavy (non-hydrogen) atoms. The number of aldehydes is 1. The van der Waals surface area contributed by atoms with Crippen LogP contribution in [0.4, 0.5) is 0 Å². The zero-order valence-corrected chi connectivity index (χ0v) is 14.8. The summed E-state index contributed by atoms with van der Waals surface area (Å²) in [6, 6.07) is 8.72. The third-order valence-corrected chi connectivity index (χ3v) is 3.97. The average Bonchev–Trinajstić information content (AvgIpc) is 2.66. The van der Waals surface area contributed by atoms with Crippen molar-refractivity contribution >= 4 is 6.29 Å².